The van der Waals surface area contributed by atoms with Gasteiger partial charge in [-0.1, -0.05) is 13.0 Å². The molecule has 4 heteroatoms. The average Bonchev–Trinajstić information content (AvgIpc) is 2.05. The molecule has 4 nitrogen and oxygen atoms in total. The molecule has 0 aliphatic rings. The van der Waals surface area contributed by atoms with E-state index in [1.54, 1.807) is 6.08 Å². The molecule has 0 bridgehead atoms. The fourth-order valence-corrected chi connectivity index (χ4v) is 1.31. The van der Waals surface area contributed by atoms with Gasteiger partial charge in [0.25, 0.3) is 0 Å². The number of aliphatic hydroxyl groups excluding tert-OH is 1. The fraction of sp³-hybridized carbons (Fsp3) is 0.667. The number of aliphatic hydroxyl groups is 1. The molecule has 0 rings (SSSR count). The molecule has 0 radical (unpaired) electrons. The number of hydrogen-bond donors (Lipinski definition) is 2. The molecule has 0 aromatic heterocycles. The van der Waals surface area contributed by atoms with E-state index in [-0.39, 0.29) is 18.6 Å². The molecule has 0 aromatic rings. The summed E-state index contributed by atoms with van der Waals surface area (Å²) in [6.07, 6.45) is 2.35. The van der Waals surface area contributed by atoms with E-state index in [0.29, 0.717) is 19.5 Å². The first-order valence-corrected chi connectivity index (χ1v) is 4.42. The van der Waals surface area contributed by atoms with Crippen LogP contribution in [0.15, 0.2) is 12.7 Å². The lowest BCUT2D eigenvalue weighted by Gasteiger charge is -2.26. The number of hydrogen-bond acceptors (Lipinski definition) is 3. The second-order valence-corrected chi connectivity index (χ2v) is 2.83. The van der Waals surface area contributed by atoms with E-state index in [0.717, 1.165) is 0 Å². The molecule has 3 N–H and O–H groups in total. The standard InChI is InChI=1S/C9H18N2O2/c1-3-5-11(6-7-12)8(4-2)9(10)13/h3,8,12H,1,4-7H2,2H3,(H2,10,13). The zero-order chi connectivity index (χ0) is 10.3. The van der Waals surface area contributed by atoms with Gasteiger partial charge in [0.15, 0.2) is 0 Å². The third kappa shape index (κ3) is 4.05. The summed E-state index contributed by atoms with van der Waals surface area (Å²) in [5.74, 6) is -0.349. The van der Waals surface area contributed by atoms with Crippen molar-refractivity contribution in [2.45, 2.75) is 19.4 Å². The van der Waals surface area contributed by atoms with Crippen LogP contribution in [0.25, 0.3) is 0 Å². The molecule has 0 spiro atoms. The van der Waals surface area contributed by atoms with Crippen molar-refractivity contribution in [3.8, 4) is 0 Å². The summed E-state index contributed by atoms with van der Waals surface area (Å²) in [6, 6.07) is -0.301. The molecule has 1 amide bonds. The van der Waals surface area contributed by atoms with Crippen molar-refractivity contribution in [1.29, 1.82) is 0 Å². The lowest BCUT2D eigenvalue weighted by Crippen LogP contribution is -2.45. The predicted octanol–water partition coefficient (Wildman–Crippen LogP) is -0.269. The van der Waals surface area contributed by atoms with Crippen LogP contribution in [0.2, 0.25) is 0 Å². The summed E-state index contributed by atoms with van der Waals surface area (Å²) in [5.41, 5.74) is 5.21. The number of nitrogens with two attached hydrogens (primary N) is 1. The molecule has 0 saturated heterocycles. The highest BCUT2D eigenvalue weighted by Gasteiger charge is 2.19. The molecule has 76 valence electrons. The van der Waals surface area contributed by atoms with Crippen LogP contribution in [0.3, 0.4) is 0 Å². The van der Waals surface area contributed by atoms with Gasteiger partial charge < -0.3 is 10.8 Å². The topological polar surface area (TPSA) is 66.6 Å². The van der Waals surface area contributed by atoms with E-state index in [4.69, 9.17) is 10.8 Å². The summed E-state index contributed by atoms with van der Waals surface area (Å²) < 4.78 is 0. The molecule has 0 heterocycles. The summed E-state index contributed by atoms with van der Waals surface area (Å²) in [4.78, 5) is 12.8. The molecule has 0 aromatic carbocycles. The molecule has 1 unspecified atom stereocenters. The highest BCUT2D eigenvalue weighted by molar-refractivity contribution is 5.79. The molecule has 0 fully saturated rings. The van der Waals surface area contributed by atoms with Gasteiger partial charge in [-0.15, -0.1) is 6.58 Å². The van der Waals surface area contributed by atoms with E-state index in [9.17, 15) is 4.79 Å². The molecular formula is C9H18N2O2. The van der Waals surface area contributed by atoms with Gasteiger partial charge in [-0.05, 0) is 6.42 Å². The minimum atomic E-state index is -0.349. The first kappa shape index (κ1) is 12.1. The third-order valence-electron chi connectivity index (χ3n) is 1.91. The highest BCUT2D eigenvalue weighted by atomic mass is 16.3. The Hall–Kier alpha value is -0.870. The number of primary amides is 1. The van der Waals surface area contributed by atoms with E-state index in [1.807, 2.05) is 11.8 Å². The van der Waals surface area contributed by atoms with E-state index in [1.165, 1.54) is 0 Å². The Morgan fingerprint density at radius 3 is 2.69 bits per heavy atom. The summed E-state index contributed by atoms with van der Waals surface area (Å²) in [7, 11) is 0. The fourth-order valence-electron chi connectivity index (χ4n) is 1.31. The normalized spacial score (nSPS) is 12.8. The lowest BCUT2D eigenvalue weighted by molar-refractivity contribution is -0.123. The van der Waals surface area contributed by atoms with E-state index in [2.05, 4.69) is 6.58 Å². The third-order valence-corrected chi connectivity index (χ3v) is 1.91. The summed E-state index contributed by atoms with van der Waals surface area (Å²) >= 11 is 0. The van der Waals surface area contributed by atoms with Crippen molar-refractivity contribution in [3.05, 3.63) is 12.7 Å². The zero-order valence-electron chi connectivity index (χ0n) is 8.07. The smallest absolute Gasteiger partial charge is 0.234 e. The van der Waals surface area contributed by atoms with Crippen molar-refractivity contribution >= 4 is 5.91 Å². The van der Waals surface area contributed by atoms with Gasteiger partial charge in [-0.25, -0.2) is 0 Å². The van der Waals surface area contributed by atoms with Crippen LogP contribution in [0.5, 0.6) is 0 Å². The summed E-state index contributed by atoms with van der Waals surface area (Å²) in [6.45, 7) is 6.52. The van der Waals surface area contributed by atoms with Crippen LogP contribution in [0.1, 0.15) is 13.3 Å². The maximum atomic E-state index is 11.0. The molecular weight excluding hydrogens is 168 g/mol. The lowest BCUT2D eigenvalue weighted by atomic mass is 10.2. The van der Waals surface area contributed by atoms with Crippen molar-refractivity contribution in [3.63, 3.8) is 0 Å². The quantitative estimate of drug-likeness (QED) is 0.538. The van der Waals surface area contributed by atoms with Gasteiger partial charge in [-0.3, -0.25) is 9.69 Å². The molecule has 0 aliphatic carbocycles. The largest absolute Gasteiger partial charge is 0.395 e. The monoisotopic (exact) mass is 186 g/mol. The second kappa shape index (κ2) is 6.62. The average molecular weight is 186 g/mol. The maximum Gasteiger partial charge on any atom is 0.234 e. The van der Waals surface area contributed by atoms with Crippen LogP contribution in [-0.2, 0) is 4.79 Å². The Morgan fingerprint density at radius 2 is 2.38 bits per heavy atom. The highest BCUT2D eigenvalue weighted by Crippen LogP contribution is 2.02. The number of rotatable bonds is 7. The number of carbonyl (C=O) groups excluding carboxylic acids is 1. The van der Waals surface area contributed by atoms with Crippen LogP contribution in [-0.4, -0.2) is 41.7 Å². The SMILES string of the molecule is C=CCN(CCO)C(CC)C(N)=O. The Bertz CT molecular complexity index is 171. The first-order valence-electron chi connectivity index (χ1n) is 4.42. The first-order chi connectivity index (χ1) is 6.17. The summed E-state index contributed by atoms with van der Waals surface area (Å²) in [5, 5.41) is 8.76. The number of carbonyl (C=O) groups is 1. The molecule has 0 saturated carbocycles. The van der Waals surface area contributed by atoms with Crippen LogP contribution >= 0.6 is 0 Å². The number of amides is 1. The minimum absolute atomic E-state index is 0.0254. The Kier molecular flexibility index (Phi) is 6.18. The van der Waals surface area contributed by atoms with Gasteiger partial charge in [0.2, 0.25) is 5.91 Å². The Morgan fingerprint density at radius 1 is 1.77 bits per heavy atom. The molecule has 13 heavy (non-hydrogen) atoms. The van der Waals surface area contributed by atoms with Gasteiger partial charge in [0.1, 0.15) is 0 Å². The van der Waals surface area contributed by atoms with Gasteiger partial charge in [0.05, 0.1) is 12.6 Å². The van der Waals surface area contributed by atoms with Crippen LogP contribution < -0.4 is 5.73 Å². The predicted molar refractivity (Wildman–Crippen MR) is 52.1 cm³/mol. The van der Waals surface area contributed by atoms with Crippen LogP contribution in [0.4, 0.5) is 0 Å². The molecule has 1 atom stereocenters. The van der Waals surface area contributed by atoms with E-state index < -0.39 is 0 Å². The van der Waals surface area contributed by atoms with Gasteiger partial charge in [-0.2, -0.15) is 0 Å². The second-order valence-electron chi connectivity index (χ2n) is 2.83. The van der Waals surface area contributed by atoms with E-state index >= 15 is 0 Å². The van der Waals surface area contributed by atoms with Crippen molar-refractivity contribution < 1.29 is 9.90 Å². The van der Waals surface area contributed by atoms with Crippen molar-refractivity contribution in [2.75, 3.05) is 19.7 Å². The zero-order valence-corrected chi connectivity index (χ0v) is 8.07. The van der Waals surface area contributed by atoms with Gasteiger partial charge in [0, 0.05) is 13.1 Å². The Labute approximate surface area is 79.0 Å². The number of nitrogens with zero attached hydrogens (tertiary/aromatic N) is 1. The van der Waals surface area contributed by atoms with Crippen molar-refractivity contribution in [2.24, 2.45) is 5.73 Å². The minimum Gasteiger partial charge on any atom is -0.395 e. The van der Waals surface area contributed by atoms with Crippen LogP contribution in [0, 0.1) is 0 Å². The van der Waals surface area contributed by atoms with Crippen molar-refractivity contribution in [1.82, 2.24) is 4.90 Å². The maximum absolute atomic E-state index is 11.0. The van der Waals surface area contributed by atoms with Gasteiger partial charge >= 0.3 is 0 Å². The Balaban J connectivity index is 4.27. The molecule has 0 aliphatic heterocycles.